The fourth-order valence-electron chi connectivity index (χ4n) is 10.5. The van der Waals surface area contributed by atoms with Crippen molar-refractivity contribution in [2.45, 2.75) is 42.9 Å². The smallest absolute Gasteiger partial charge is 0.0991 e. The second-order valence-electron chi connectivity index (χ2n) is 15.8. The summed E-state index contributed by atoms with van der Waals surface area (Å²) in [6.07, 6.45) is 6.57. The Morgan fingerprint density at radius 2 is 1.00 bits per heavy atom. The highest BCUT2D eigenvalue weighted by Gasteiger charge is 2.64. The van der Waals surface area contributed by atoms with E-state index in [4.69, 9.17) is 4.98 Å². The van der Waals surface area contributed by atoms with Crippen LogP contribution in [0.3, 0.4) is 0 Å². The molecule has 4 unspecified atom stereocenters. The summed E-state index contributed by atoms with van der Waals surface area (Å²) in [5.41, 5.74) is 15.8. The predicted octanol–water partition coefficient (Wildman–Crippen LogP) is 12.7. The highest BCUT2D eigenvalue weighted by molar-refractivity contribution is 5.79. The zero-order valence-corrected chi connectivity index (χ0v) is 29.8. The van der Waals surface area contributed by atoms with E-state index in [1.54, 1.807) is 0 Å². The second-order valence-corrected chi connectivity index (χ2v) is 15.8. The highest BCUT2D eigenvalue weighted by atomic mass is 14.7. The van der Waals surface area contributed by atoms with Crippen molar-refractivity contribution in [1.82, 2.24) is 4.98 Å². The van der Waals surface area contributed by atoms with E-state index in [9.17, 15) is 5.26 Å². The van der Waals surface area contributed by atoms with Crippen LogP contribution in [-0.2, 0) is 10.8 Å². The molecule has 4 saturated carbocycles. The van der Waals surface area contributed by atoms with E-state index in [1.165, 1.54) is 76.6 Å². The molecule has 7 aromatic rings. The fraction of sp³-hybridized carbons (Fsp3) is 0.176. The summed E-state index contributed by atoms with van der Waals surface area (Å²) in [6, 6.07) is 63.7. The molecule has 2 heteroatoms. The SMILES string of the molecule is N#Cc1ccc(-c2ccc(C34CC5CC3CC(c3ccc(-c6cccc(-c7cc(-c8ccccc8)nc(-c8ccccc8)c7)c6)cc3)(C5)C4)cc2)cc1. The second kappa shape index (κ2) is 12.6. The van der Waals surface area contributed by atoms with Crippen molar-refractivity contribution in [3.05, 3.63) is 187 Å². The van der Waals surface area contributed by atoms with Gasteiger partial charge < -0.3 is 0 Å². The van der Waals surface area contributed by atoms with Gasteiger partial charge in [-0.3, -0.25) is 0 Å². The molecule has 4 bridgehead atoms. The molecule has 254 valence electrons. The average molecular weight is 681 g/mol. The molecule has 4 aliphatic rings. The van der Waals surface area contributed by atoms with Crippen LogP contribution < -0.4 is 0 Å². The van der Waals surface area contributed by atoms with Crippen LogP contribution in [0.2, 0.25) is 0 Å². The zero-order chi connectivity index (χ0) is 35.4. The molecule has 11 rings (SSSR count). The van der Waals surface area contributed by atoms with E-state index in [0.717, 1.165) is 34.4 Å². The summed E-state index contributed by atoms with van der Waals surface area (Å²) >= 11 is 0. The number of nitrogens with zero attached hydrogens (tertiary/aromatic N) is 2. The molecule has 1 aromatic heterocycles. The van der Waals surface area contributed by atoms with Crippen LogP contribution in [0.15, 0.2) is 170 Å². The Labute approximate surface area is 312 Å². The number of aromatic nitrogens is 1. The minimum Gasteiger partial charge on any atom is -0.248 e. The highest BCUT2D eigenvalue weighted by Crippen LogP contribution is 2.71. The third-order valence-corrected chi connectivity index (χ3v) is 12.8. The van der Waals surface area contributed by atoms with Gasteiger partial charge in [-0.1, -0.05) is 140 Å². The molecule has 4 atom stereocenters. The van der Waals surface area contributed by atoms with Crippen LogP contribution >= 0.6 is 0 Å². The third kappa shape index (κ3) is 5.51. The molecule has 53 heavy (non-hydrogen) atoms. The number of hydrogen-bond donors (Lipinski definition) is 0. The monoisotopic (exact) mass is 680 g/mol. The Balaban J connectivity index is 0.934. The number of hydrogen-bond acceptors (Lipinski definition) is 2. The van der Waals surface area contributed by atoms with Gasteiger partial charge in [0.2, 0.25) is 0 Å². The number of nitriles is 1. The molecule has 0 saturated heterocycles. The molecule has 6 aromatic carbocycles. The van der Waals surface area contributed by atoms with E-state index in [-0.39, 0.29) is 10.8 Å². The first-order valence-electron chi connectivity index (χ1n) is 19.0. The first-order valence-corrected chi connectivity index (χ1v) is 19.0. The van der Waals surface area contributed by atoms with Gasteiger partial charge in [0.1, 0.15) is 0 Å². The van der Waals surface area contributed by atoms with Gasteiger partial charge in [-0.05, 0) is 130 Å². The van der Waals surface area contributed by atoms with Crippen molar-refractivity contribution < 1.29 is 0 Å². The third-order valence-electron chi connectivity index (χ3n) is 12.8. The maximum Gasteiger partial charge on any atom is 0.0991 e. The minimum atomic E-state index is 0.261. The van der Waals surface area contributed by atoms with E-state index in [2.05, 4.69) is 164 Å². The van der Waals surface area contributed by atoms with Crippen molar-refractivity contribution in [1.29, 1.82) is 5.26 Å². The molecule has 4 fully saturated rings. The maximum absolute atomic E-state index is 9.21. The largest absolute Gasteiger partial charge is 0.248 e. The molecule has 0 radical (unpaired) electrons. The lowest BCUT2D eigenvalue weighted by Crippen LogP contribution is -2.35. The van der Waals surface area contributed by atoms with Gasteiger partial charge in [0.15, 0.2) is 0 Å². The molecule has 4 aliphatic carbocycles. The summed E-state index contributed by atoms with van der Waals surface area (Å²) in [5.74, 6) is 1.55. The van der Waals surface area contributed by atoms with E-state index < -0.39 is 0 Å². The van der Waals surface area contributed by atoms with Crippen LogP contribution in [0.4, 0.5) is 0 Å². The fourth-order valence-corrected chi connectivity index (χ4v) is 10.5. The maximum atomic E-state index is 9.21. The Hall–Kier alpha value is -6.04. The lowest BCUT2D eigenvalue weighted by molar-refractivity contribution is 0.220. The molecule has 0 spiro atoms. The Morgan fingerprint density at radius 1 is 0.472 bits per heavy atom. The first-order chi connectivity index (χ1) is 26.1. The van der Waals surface area contributed by atoms with Crippen LogP contribution in [0.5, 0.6) is 0 Å². The van der Waals surface area contributed by atoms with Gasteiger partial charge in [0.05, 0.1) is 23.0 Å². The number of rotatable bonds is 7. The standard InChI is InChI=1S/C51H40N2/c52-33-35-14-16-37(17-15-35)38-20-24-46(25-21-38)51-31-36-26-47(51)32-50(30-36,34-51)45-22-18-39(19-23-45)42-12-7-13-43(27-42)44-28-48(40-8-3-1-4-9-40)53-49(29-44)41-10-5-2-6-11-41/h1-25,27-29,36,47H,26,30-32,34H2. The number of benzene rings is 6. The van der Waals surface area contributed by atoms with E-state index >= 15 is 0 Å². The van der Waals surface area contributed by atoms with Crippen LogP contribution in [0, 0.1) is 23.2 Å². The molecule has 0 aliphatic heterocycles. The van der Waals surface area contributed by atoms with Gasteiger partial charge in [0, 0.05) is 11.1 Å². The average Bonchev–Trinajstić information content (AvgIpc) is 3.63. The Kier molecular flexibility index (Phi) is 7.51. The van der Waals surface area contributed by atoms with Crippen LogP contribution in [0.25, 0.3) is 55.9 Å². The molecule has 2 nitrogen and oxygen atoms in total. The number of pyridine rings is 1. The van der Waals surface area contributed by atoms with Gasteiger partial charge >= 0.3 is 0 Å². The lowest BCUT2D eigenvalue weighted by atomic mass is 9.62. The minimum absolute atomic E-state index is 0.261. The van der Waals surface area contributed by atoms with Gasteiger partial charge in [-0.2, -0.15) is 5.26 Å². The normalized spacial score (nSPS) is 22.5. The summed E-state index contributed by atoms with van der Waals surface area (Å²) in [7, 11) is 0. The molecule has 0 amide bonds. The summed E-state index contributed by atoms with van der Waals surface area (Å²) < 4.78 is 0. The first kappa shape index (κ1) is 31.7. The summed E-state index contributed by atoms with van der Waals surface area (Å²) in [4.78, 5) is 5.10. The predicted molar refractivity (Wildman–Crippen MR) is 216 cm³/mol. The molecular weight excluding hydrogens is 641 g/mol. The van der Waals surface area contributed by atoms with E-state index in [0.29, 0.717) is 5.56 Å². The van der Waals surface area contributed by atoms with Crippen molar-refractivity contribution >= 4 is 0 Å². The topological polar surface area (TPSA) is 36.7 Å². The van der Waals surface area contributed by atoms with Crippen molar-refractivity contribution in [3.63, 3.8) is 0 Å². The zero-order valence-electron chi connectivity index (χ0n) is 29.8. The Bertz CT molecular complexity index is 2420. The summed E-state index contributed by atoms with van der Waals surface area (Å²) in [5, 5.41) is 9.21. The summed E-state index contributed by atoms with van der Waals surface area (Å²) in [6.45, 7) is 0. The molecular formula is C51H40N2. The molecule has 0 N–H and O–H groups in total. The van der Waals surface area contributed by atoms with Crippen molar-refractivity contribution in [2.75, 3.05) is 0 Å². The van der Waals surface area contributed by atoms with Gasteiger partial charge in [-0.25, -0.2) is 4.98 Å². The molecule has 1 heterocycles. The van der Waals surface area contributed by atoms with E-state index in [1.807, 2.05) is 12.1 Å². The quantitative estimate of drug-likeness (QED) is 0.168. The Morgan fingerprint density at radius 3 is 1.60 bits per heavy atom. The van der Waals surface area contributed by atoms with Gasteiger partial charge in [-0.15, -0.1) is 0 Å². The lowest BCUT2D eigenvalue weighted by Gasteiger charge is -2.42. The van der Waals surface area contributed by atoms with Crippen molar-refractivity contribution in [2.24, 2.45) is 11.8 Å². The van der Waals surface area contributed by atoms with Crippen molar-refractivity contribution in [3.8, 4) is 62.0 Å². The van der Waals surface area contributed by atoms with Gasteiger partial charge in [0.25, 0.3) is 0 Å². The van der Waals surface area contributed by atoms with Crippen LogP contribution in [-0.4, -0.2) is 4.98 Å². The van der Waals surface area contributed by atoms with Crippen LogP contribution in [0.1, 0.15) is 48.8 Å².